The molecule has 0 radical (unpaired) electrons. The Morgan fingerprint density at radius 3 is 2.57 bits per heavy atom. The molecule has 0 unspecified atom stereocenters. The standard InChI is InChI=1S/C12H12ClFN2O5/c1-21-10(17)5-9(11(18)19)16-12(20)15-8-3-6(13)2-7(14)4-8/h2-4,9H,5H2,1H3,(H,18,19)(H2,15,16,20)/t9-/m0/s1. The summed E-state index contributed by atoms with van der Waals surface area (Å²) in [5, 5.41) is 13.2. The Balaban J connectivity index is 2.69. The third-order valence-corrected chi connectivity index (χ3v) is 2.54. The smallest absolute Gasteiger partial charge is 0.326 e. The van der Waals surface area contributed by atoms with Gasteiger partial charge in [0.25, 0.3) is 0 Å². The number of nitrogens with one attached hydrogen (secondary N) is 2. The minimum absolute atomic E-state index is 0.0414. The number of rotatable bonds is 5. The van der Waals surface area contributed by atoms with E-state index in [0.717, 1.165) is 19.2 Å². The third kappa shape index (κ3) is 5.65. The van der Waals surface area contributed by atoms with Crippen molar-refractivity contribution in [1.82, 2.24) is 5.32 Å². The van der Waals surface area contributed by atoms with E-state index >= 15 is 0 Å². The predicted molar refractivity (Wildman–Crippen MR) is 71.6 cm³/mol. The molecule has 0 aliphatic carbocycles. The average molecular weight is 319 g/mol. The van der Waals surface area contributed by atoms with Crippen LogP contribution >= 0.6 is 11.6 Å². The van der Waals surface area contributed by atoms with E-state index in [2.05, 4.69) is 15.4 Å². The fourth-order valence-electron chi connectivity index (χ4n) is 1.40. The summed E-state index contributed by atoms with van der Waals surface area (Å²) in [6.07, 6.45) is -0.539. The lowest BCUT2D eigenvalue weighted by atomic mass is 10.2. The Labute approximate surface area is 124 Å². The first-order chi connectivity index (χ1) is 9.81. The van der Waals surface area contributed by atoms with Gasteiger partial charge in [0.1, 0.15) is 11.9 Å². The summed E-state index contributed by atoms with van der Waals surface area (Å²) in [6.45, 7) is 0. The van der Waals surface area contributed by atoms with Gasteiger partial charge in [0.05, 0.1) is 13.5 Å². The van der Waals surface area contributed by atoms with Crippen molar-refractivity contribution < 1.29 is 28.6 Å². The zero-order valence-corrected chi connectivity index (χ0v) is 11.6. The van der Waals surface area contributed by atoms with Crippen molar-refractivity contribution in [1.29, 1.82) is 0 Å². The molecule has 0 aliphatic heterocycles. The molecule has 2 amide bonds. The summed E-state index contributed by atoms with van der Waals surface area (Å²) < 4.78 is 17.4. The van der Waals surface area contributed by atoms with E-state index in [9.17, 15) is 18.8 Å². The summed E-state index contributed by atoms with van der Waals surface area (Å²) in [4.78, 5) is 33.6. The topological polar surface area (TPSA) is 105 Å². The summed E-state index contributed by atoms with van der Waals surface area (Å²) in [6, 6.07) is 0.929. The number of urea groups is 1. The highest BCUT2D eigenvalue weighted by Crippen LogP contribution is 2.17. The zero-order chi connectivity index (χ0) is 16.0. The van der Waals surface area contributed by atoms with Gasteiger partial charge in [-0.25, -0.2) is 14.0 Å². The maximum absolute atomic E-state index is 13.1. The van der Waals surface area contributed by atoms with E-state index in [-0.39, 0.29) is 10.7 Å². The minimum Gasteiger partial charge on any atom is -0.480 e. The number of carboxylic acid groups (broad SMARTS) is 1. The van der Waals surface area contributed by atoms with Gasteiger partial charge in [-0.1, -0.05) is 11.6 Å². The van der Waals surface area contributed by atoms with Crippen molar-refractivity contribution in [3.8, 4) is 0 Å². The van der Waals surface area contributed by atoms with E-state index in [1.807, 2.05) is 0 Å². The number of methoxy groups -OCH3 is 1. The molecular formula is C12H12ClFN2O5. The van der Waals surface area contributed by atoms with Gasteiger partial charge in [0.2, 0.25) is 0 Å². The number of anilines is 1. The van der Waals surface area contributed by atoms with Crippen LogP contribution in [0, 0.1) is 5.82 Å². The fraction of sp³-hybridized carbons (Fsp3) is 0.250. The molecule has 9 heteroatoms. The van der Waals surface area contributed by atoms with Crippen LogP contribution in [0.25, 0.3) is 0 Å². The summed E-state index contributed by atoms with van der Waals surface area (Å²) in [5.74, 6) is -2.87. The van der Waals surface area contributed by atoms with E-state index in [0.29, 0.717) is 0 Å². The number of halogens is 2. The number of benzene rings is 1. The number of amides is 2. The van der Waals surface area contributed by atoms with Gasteiger partial charge in [-0.05, 0) is 18.2 Å². The van der Waals surface area contributed by atoms with Gasteiger partial charge in [-0.2, -0.15) is 0 Å². The summed E-state index contributed by atoms with van der Waals surface area (Å²) >= 11 is 5.61. The quantitative estimate of drug-likeness (QED) is 0.715. The molecule has 114 valence electrons. The number of ether oxygens (including phenoxy) is 1. The molecule has 0 aliphatic rings. The maximum Gasteiger partial charge on any atom is 0.326 e. The molecule has 1 atom stereocenters. The maximum atomic E-state index is 13.1. The second-order valence-electron chi connectivity index (χ2n) is 3.93. The van der Waals surface area contributed by atoms with Crippen LogP contribution in [-0.2, 0) is 14.3 Å². The molecule has 0 saturated heterocycles. The first-order valence-electron chi connectivity index (χ1n) is 5.65. The normalized spacial score (nSPS) is 11.4. The van der Waals surface area contributed by atoms with Gasteiger partial charge in [0.15, 0.2) is 0 Å². The lowest BCUT2D eigenvalue weighted by Gasteiger charge is -2.14. The lowest BCUT2D eigenvalue weighted by Crippen LogP contribution is -2.44. The summed E-state index contributed by atoms with van der Waals surface area (Å²) in [7, 11) is 1.09. The molecule has 0 spiro atoms. The van der Waals surface area contributed by atoms with E-state index in [1.54, 1.807) is 0 Å². The SMILES string of the molecule is COC(=O)C[C@H](NC(=O)Nc1cc(F)cc(Cl)c1)C(=O)O. The number of carbonyl (C=O) groups excluding carboxylic acids is 2. The Morgan fingerprint density at radius 2 is 2.05 bits per heavy atom. The molecule has 0 saturated carbocycles. The Hall–Kier alpha value is -2.35. The number of aliphatic carboxylic acids is 1. The highest BCUT2D eigenvalue weighted by Gasteiger charge is 2.23. The monoisotopic (exact) mass is 318 g/mol. The number of hydrogen-bond acceptors (Lipinski definition) is 4. The minimum atomic E-state index is -1.47. The zero-order valence-electron chi connectivity index (χ0n) is 10.9. The molecule has 0 heterocycles. The highest BCUT2D eigenvalue weighted by molar-refractivity contribution is 6.30. The van der Waals surface area contributed by atoms with E-state index < -0.39 is 36.2 Å². The molecule has 0 bridgehead atoms. The van der Waals surface area contributed by atoms with Crippen LogP contribution in [0.4, 0.5) is 14.9 Å². The molecule has 1 aromatic carbocycles. The number of carbonyl (C=O) groups is 3. The van der Waals surface area contributed by atoms with Crippen molar-refractivity contribution >= 4 is 35.3 Å². The van der Waals surface area contributed by atoms with Crippen molar-refractivity contribution in [3.05, 3.63) is 29.0 Å². The summed E-state index contributed by atoms with van der Waals surface area (Å²) in [5.41, 5.74) is 0.0414. The number of esters is 1. The van der Waals surface area contributed by atoms with Crippen molar-refractivity contribution in [2.24, 2.45) is 0 Å². The molecular weight excluding hydrogens is 307 g/mol. The van der Waals surface area contributed by atoms with Crippen molar-refractivity contribution in [2.45, 2.75) is 12.5 Å². The fourth-order valence-corrected chi connectivity index (χ4v) is 1.62. The molecule has 0 fully saturated rings. The van der Waals surface area contributed by atoms with Gasteiger partial charge < -0.3 is 20.5 Å². The largest absolute Gasteiger partial charge is 0.480 e. The first-order valence-corrected chi connectivity index (χ1v) is 6.03. The molecule has 3 N–H and O–H groups in total. The van der Waals surface area contributed by atoms with Crippen LogP contribution in [0.15, 0.2) is 18.2 Å². The lowest BCUT2D eigenvalue weighted by molar-refractivity contribution is -0.147. The first kappa shape index (κ1) is 16.7. The van der Waals surface area contributed by atoms with Gasteiger partial charge >= 0.3 is 18.0 Å². The van der Waals surface area contributed by atoms with Crippen molar-refractivity contribution in [2.75, 3.05) is 12.4 Å². The Morgan fingerprint density at radius 1 is 1.38 bits per heavy atom. The van der Waals surface area contributed by atoms with Crippen LogP contribution in [0.2, 0.25) is 5.02 Å². The van der Waals surface area contributed by atoms with Crippen LogP contribution in [-0.4, -0.2) is 36.2 Å². The number of carboxylic acids is 1. The average Bonchev–Trinajstić information content (AvgIpc) is 2.36. The predicted octanol–water partition coefficient (Wildman–Crippen LogP) is 1.62. The third-order valence-electron chi connectivity index (χ3n) is 2.32. The van der Waals surface area contributed by atoms with Gasteiger partial charge in [0, 0.05) is 10.7 Å². The van der Waals surface area contributed by atoms with Crippen LogP contribution in [0.5, 0.6) is 0 Å². The van der Waals surface area contributed by atoms with Crippen molar-refractivity contribution in [3.63, 3.8) is 0 Å². The highest BCUT2D eigenvalue weighted by atomic mass is 35.5. The molecule has 21 heavy (non-hydrogen) atoms. The van der Waals surface area contributed by atoms with Gasteiger partial charge in [-0.15, -0.1) is 0 Å². The molecule has 0 aromatic heterocycles. The van der Waals surface area contributed by atoms with Crippen LogP contribution in [0.3, 0.4) is 0 Å². The Bertz CT molecular complexity index is 546. The van der Waals surface area contributed by atoms with E-state index in [4.69, 9.17) is 16.7 Å². The second kappa shape index (κ2) is 7.44. The van der Waals surface area contributed by atoms with E-state index in [1.165, 1.54) is 6.07 Å². The number of hydrogen-bond donors (Lipinski definition) is 3. The molecule has 1 aromatic rings. The van der Waals surface area contributed by atoms with Gasteiger partial charge in [-0.3, -0.25) is 4.79 Å². The molecule has 7 nitrogen and oxygen atoms in total. The van der Waals surface area contributed by atoms with Crippen LogP contribution < -0.4 is 10.6 Å². The second-order valence-corrected chi connectivity index (χ2v) is 4.36. The van der Waals surface area contributed by atoms with Crippen LogP contribution in [0.1, 0.15) is 6.42 Å². The Kier molecular flexibility index (Phi) is 5.92. The molecule has 1 rings (SSSR count).